The Bertz CT molecular complexity index is 570. The Labute approximate surface area is 136 Å². The highest BCUT2D eigenvalue weighted by Crippen LogP contribution is 2.23. The average Bonchev–Trinajstić information content (AvgIpc) is 2.91. The Morgan fingerprint density at radius 3 is 2.95 bits per heavy atom. The molecule has 5 heteroatoms. The summed E-state index contributed by atoms with van der Waals surface area (Å²) in [6.07, 6.45) is 0. The first kappa shape index (κ1) is 16.4. The Kier molecular flexibility index (Phi) is 6.18. The van der Waals surface area contributed by atoms with Gasteiger partial charge in [-0.1, -0.05) is 30.7 Å². The number of hydrogen-bond donors (Lipinski definition) is 1. The van der Waals surface area contributed by atoms with Crippen LogP contribution >= 0.6 is 22.9 Å². The minimum Gasteiger partial charge on any atom is -0.311 e. The van der Waals surface area contributed by atoms with E-state index in [9.17, 15) is 0 Å². The van der Waals surface area contributed by atoms with Gasteiger partial charge < -0.3 is 5.32 Å². The topological polar surface area (TPSA) is 28.2 Å². The Balaban J connectivity index is 1.97. The summed E-state index contributed by atoms with van der Waals surface area (Å²) in [4.78, 5) is 6.96. The van der Waals surface area contributed by atoms with E-state index in [0.717, 1.165) is 35.4 Å². The number of nitrogens with one attached hydrogen (secondary N) is 1. The molecule has 1 unspecified atom stereocenters. The molecule has 0 aliphatic carbocycles. The lowest BCUT2D eigenvalue weighted by atomic mass is 10.1. The standard InChI is InChI=1S/C16H22ClN3S/c1-4-18-9-16-19-15(11-21-16)10-20(3)12(2)13-6-5-7-14(17)8-13/h5-8,11-12,18H,4,9-10H2,1-3H3. The summed E-state index contributed by atoms with van der Waals surface area (Å²) >= 11 is 7.79. The molecule has 0 aliphatic rings. The molecular formula is C16H22ClN3S. The van der Waals surface area contributed by atoms with Crippen molar-refractivity contribution in [2.75, 3.05) is 13.6 Å². The lowest BCUT2D eigenvalue weighted by Gasteiger charge is -2.24. The van der Waals surface area contributed by atoms with Crippen molar-refractivity contribution in [1.82, 2.24) is 15.2 Å². The molecule has 0 fully saturated rings. The summed E-state index contributed by atoms with van der Waals surface area (Å²) < 4.78 is 0. The van der Waals surface area contributed by atoms with E-state index in [2.05, 4.69) is 47.5 Å². The van der Waals surface area contributed by atoms with E-state index in [-0.39, 0.29) is 0 Å². The molecule has 0 spiro atoms. The molecular weight excluding hydrogens is 302 g/mol. The predicted octanol–water partition coefficient (Wildman–Crippen LogP) is 4.10. The maximum Gasteiger partial charge on any atom is 0.107 e. The molecule has 0 aliphatic heterocycles. The Morgan fingerprint density at radius 2 is 2.24 bits per heavy atom. The van der Waals surface area contributed by atoms with Crippen molar-refractivity contribution < 1.29 is 0 Å². The normalized spacial score (nSPS) is 12.8. The molecule has 0 saturated heterocycles. The number of rotatable bonds is 7. The fraction of sp³-hybridized carbons (Fsp3) is 0.438. The zero-order valence-electron chi connectivity index (χ0n) is 12.8. The first-order valence-electron chi connectivity index (χ1n) is 7.20. The third-order valence-corrected chi connectivity index (χ3v) is 4.66. The SMILES string of the molecule is CCNCc1nc(CN(C)C(C)c2cccc(Cl)c2)cs1. The van der Waals surface area contributed by atoms with Crippen LogP contribution in [0.1, 0.15) is 36.2 Å². The average molecular weight is 324 g/mol. The van der Waals surface area contributed by atoms with Crippen LogP contribution < -0.4 is 5.32 Å². The molecule has 1 atom stereocenters. The molecule has 0 radical (unpaired) electrons. The number of hydrogen-bond acceptors (Lipinski definition) is 4. The molecule has 2 rings (SSSR count). The van der Waals surface area contributed by atoms with Crippen molar-refractivity contribution in [2.24, 2.45) is 0 Å². The minimum atomic E-state index is 0.308. The van der Waals surface area contributed by atoms with Crippen molar-refractivity contribution >= 4 is 22.9 Å². The molecule has 1 aromatic carbocycles. The highest BCUT2D eigenvalue weighted by molar-refractivity contribution is 7.09. The molecule has 21 heavy (non-hydrogen) atoms. The quantitative estimate of drug-likeness (QED) is 0.831. The zero-order chi connectivity index (χ0) is 15.2. The third-order valence-electron chi connectivity index (χ3n) is 3.53. The van der Waals surface area contributed by atoms with E-state index >= 15 is 0 Å². The highest BCUT2D eigenvalue weighted by atomic mass is 35.5. The summed E-state index contributed by atoms with van der Waals surface area (Å²) in [6.45, 7) is 6.97. The van der Waals surface area contributed by atoms with Gasteiger partial charge in [-0.3, -0.25) is 4.90 Å². The van der Waals surface area contributed by atoms with E-state index in [1.54, 1.807) is 11.3 Å². The molecule has 0 bridgehead atoms. The van der Waals surface area contributed by atoms with Gasteiger partial charge in [-0.2, -0.15) is 0 Å². The van der Waals surface area contributed by atoms with Crippen LogP contribution in [0.15, 0.2) is 29.6 Å². The third kappa shape index (κ3) is 4.78. The summed E-state index contributed by atoms with van der Waals surface area (Å²) in [7, 11) is 2.12. The molecule has 1 aromatic heterocycles. The Hall–Kier alpha value is -0.940. The summed E-state index contributed by atoms with van der Waals surface area (Å²) in [5.74, 6) is 0. The monoisotopic (exact) mass is 323 g/mol. The maximum atomic E-state index is 6.07. The molecule has 0 amide bonds. The van der Waals surface area contributed by atoms with Gasteiger partial charge in [0.2, 0.25) is 0 Å². The van der Waals surface area contributed by atoms with Gasteiger partial charge in [0.15, 0.2) is 0 Å². The molecule has 0 saturated carbocycles. The van der Waals surface area contributed by atoms with Gasteiger partial charge in [-0.15, -0.1) is 11.3 Å². The largest absolute Gasteiger partial charge is 0.311 e. The Morgan fingerprint density at radius 1 is 1.43 bits per heavy atom. The first-order valence-corrected chi connectivity index (χ1v) is 8.45. The zero-order valence-corrected chi connectivity index (χ0v) is 14.3. The van der Waals surface area contributed by atoms with Crippen molar-refractivity contribution in [3.63, 3.8) is 0 Å². The fourth-order valence-electron chi connectivity index (χ4n) is 2.15. The van der Waals surface area contributed by atoms with Gasteiger partial charge >= 0.3 is 0 Å². The summed E-state index contributed by atoms with van der Waals surface area (Å²) in [6, 6.07) is 8.36. The fourth-order valence-corrected chi connectivity index (χ4v) is 3.10. The maximum absolute atomic E-state index is 6.07. The van der Waals surface area contributed by atoms with Crippen LogP contribution in [0.5, 0.6) is 0 Å². The van der Waals surface area contributed by atoms with E-state index in [4.69, 9.17) is 11.6 Å². The summed E-state index contributed by atoms with van der Waals surface area (Å²) in [5, 5.41) is 7.39. The lowest BCUT2D eigenvalue weighted by molar-refractivity contribution is 0.250. The van der Waals surface area contributed by atoms with Gasteiger partial charge in [-0.05, 0) is 38.2 Å². The molecule has 114 valence electrons. The minimum absolute atomic E-state index is 0.308. The number of aromatic nitrogens is 1. The van der Waals surface area contributed by atoms with Gasteiger partial charge in [0.25, 0.3) is 0 Å². The van der Waals surface area contributed by atoms with Crippen LogP contribution in [0.4, 0.5) is 0 Å². The first-order chi connectivity index (χ1) is 10.1. The van der Waals surface area contributed by atoms with Crippen LogP contribution in [0.25, 0.3) is 0 Å². The van der Waals surface area contributed by atoms with Crippen molar-refractivity contribution in [3.8, 4) is 0 Å². The number of thiazole rings is 1. The van der Waals surface area contributed by atoms with Crippen LogP contribution in [0.2, 0.25) is 5.02 Å². The molecule has 3 nitrogen and oxygen atoms in total. The second-order valence-corrected chi connectivity index (χ2v) is 6.54. The van der Waals surface area contributed by atoms with Gasteiger partial charge in [0.05, 0.1) is 5.69 Å². The second-order valence-electron chi connectivity index (χ2n) is 5.16. The van der Waals surface area contributed by atoms with E-state index in [1.165, 1.54) is 5.56 Å². The second kappa shape index (κ2) is 7.90. The van der Waals surface area contributed by atoms with Crippen LogP contribution in [-0.4, -0.2) is 23.5 Å². The lowest BCUT2D eigenvalue weighted by Crippen LogP contribution is -2.22. The molecule has 2 aromatic rings. The van der Waals surface area contributed by atoms with Crippen LogP contribution in [-0.2, 0) is 13.1 Å². The summed E-state index contributed by atoms with van der Waals surface area (Å²) in [5.41, 5.74) is 2.36. The number of halogens is 1. The number of benzene rings is 1. The molecule has 1 heterocycles. The van der Waals surface area contributed by atoms with Crippen molar-refractivity contribution in [1.29, 1.82) is 0 Å². The van der Waals surface area contributed by atoms with E-state index < -0.39 is 0 Å². The smallest absolute Gasteiger partial charge is 0.107 e. The van der Waals surface area contributed by atoms with Gasteiger partial charge in [-0.25, -0.2) is 4.98 Å². The molecule has 1 N–H and O–H groups in total. The van der Waals surface area contributed by atoms with Gasteiger partial charge in [0.1, 0.15) is 5.01 Å². The van der Waals surface area contributed by atoms with E-state index in [0.29, 0.717) is 6.04 Å². The number of nitrogens with zero attached hydrogens (tertiary/aromatic N) is 2. The van der Waals surface area contributed by atoms with Gasteiger partial charge in [0, 0.05) is 29.5 Å². The van der Waals surface area contributed by atoms with E-state index in [1.807, 2.05) is 18.2 Å². The predicted molar refractivity (Wildman–Crippen MR) is 90.8 cm³/mol. The van der Waals surface area contributed by atoms with Crippen molar-refractivity contribution in [3.05, 3.63) is 50.9 Å². The highest BCUT2D eigenvalue weighted by Gasteiger charge is 2.13. The van der Waals surface area contributed by atoms with Crippen LogP contribution in [0.3, 0.4) is 0 Å². The van der Waals surface area contributed by atoms with Crippen molar-refractivity contribution in [2.45, 2.75) is 33.0 Å². The van der Waals surface area contributed by atoms with Crippen LogP contribution in [0, 0.1) is 0 Å².